The number of methoxy groups -OCH3 is 2. The molecule has 1 rings (SSSR count). The molecule has 1 N–H and O–H groups in total. The minimum Gasteiger partial charge on any atom is -0.383 e. The second kappa shape index (κ2) is 10.7. The molecule has 116 valence electrons. The van der Waals surface area contributed by atoms with Gasteiger partial charge in [-0.15, -0.1) is 5.10 Å². The van der Waals surface area contributed by atoms with Crippen molar-refractivity contribution in [2.45, 2.75) is 20.0 Å². The lowest BCUT2D eigenvalue weighted by molar-refractivity contribution is 0.111. The highest BCUT2D eigenvalue weighted by Crippen LogP contribution is 1.95. The van der Waals surface area contributed by atoms with E-state index >= 15 is 0 Å². The molecule has 0 amide bonds. The zero-order valence-corrected chi connectivity index (χ0v) is 12.8. The molecule has 0 saturated heterocycles. The third kappa shape index (κ3) is 6.95. The van der Waals surface area contributed by atoms with Crippen LogP contribution in [0.15, 0.2) is 6.20 Å². The highest BCUT2D eigenvalue weighted by Gasteiger charge is 2.06. The Hall–Kier alpha value is -1.02. The molecule has 0 aliphatic heterocycles. The summed E-state index contributed by atoms with van der Waals surface area (Å²) in [6, 6.07) is 0. The van der Waals surface area contributed by atoms with Crippen molar-refractivity contribution in [1.29, 1.82) is 0 Å². The van der Waals surface area contributed by atoms with Crippen LogP contribution in [-0.4, -0.2) is 73.5 Å². The molecule has 1 aromatic rings. The summed E-state index contributed by atoms with van der Waals surface area (Å²) in [5.41, 5.74) is 0.979. The number of hydrogen-bond acceptors (Lipinski definition) is 6. The van der Waals surface area contributed by atoms with Crippen LogP contribution < -0.4 is 5.32 Å². The average molecular weight is 285 g/mol. The second-order valence-electron chi connectivity index (χ2n) is 4.58. The predicted octanol–water partition coefficient (Wildman–Crippen LogP) is -0.0176. The Morgan fingerprint density at radius 2 is 1.90 bits per heavy atom. The lowest BCUT2D eigenvalue weighted by Crippen LogP contribution is -2.33. The first-order valence-electron chi connectivity index (χ1n) is 7.10. The largest absolute Gasteiger partial charge is 0.383 e. The van der Waals surface area contributed by atoms with Gasteiger partial charge in [-0.2, -0.15) is 0 Å². The number of ether oxygens (including phenoxy) is 2. The molecule has 7 nitrogen and oxygen atoms in total. The van der Waals surface area contributed by atoms with Crippen LogP contribution in [0, 0.1) is 0 Å². The Kier molecular flexibility index (Phi) is 9.14. The average Bonchev–Trinajstić information content (AvgIpc) is 2.92. The second-order valence-corrected chi connectivity index (χ2v) is 4.58. The van der Waals surface area contributed by atoms with Gasteiger partial charge in [0.1, 0.15) is 0 Å². The van der Waals surface area contributed by atoms with Gasteiger partial charge in [0.05, 0.1) is 25.5 Å². The number of rotatable bonds is 12. The molecule has 0 atom stereocenters. The summed E-state index contributed by atoms with van der Waals surface area (Å²) < 4.78 is 12.1. The van der Waals surface area contributed by atoms with Gasteiger partial charge >= 0.3 is 0 Å². The van der Waals surface area contributed by atoms with Crippen LogP contribution in [0.1, 0.15) is 12.6 Å². The minimum atomic E-state index is 0.729. The topological polar surface area (TPSA) is 64.4 Å². The molecule has 20 heavy (non-hydrogen) atoms. The van der Waals surface area contributed by atoms with Gasteiger partial charge in [-0.05, 0) is 6.54 Å². The number of nitrogens with one attached hydrogen (secondary N) is 1. The third-order valence-corrected chi connectivity index (χ3v) is 3.01. The number of nitrogens with zero attached hydrogens (tertiary/aromatic N) is 4. The molecule has 0 bridgehead atoms. The van der Waals surface area contributed by atoms with Crippen LogP contribution in [0.25, 0.3) is 0 Å². The molecule has 0 aromatic carbocycles. The molecule has 1 heterocycles. The lowest BCUT2D eigenvalue weighted by Gasteiger charge is -2.21. The van der Waals surface area contributed by atoms with E-state index < -0.39 is 0 Å². The third-order valence-electron chi connectivity index (χ3n) is 3.01. The van der Waals surface area contributed by atoms with E-state index in [1.54, 1.807) is 14.2 Å². The smallest absolute Gasteiger partial charge is 0.0964 e. The van der Waals surface area contributed by atoms with Crippen LogP contribution in [0.3, 0.4) is 0 Å². The molecular weight excluding hydrogens is 258 g/mol. The first-order chi connectivity index (χ1) is 9.80. The maximum atomic E-state index is 5.13. The maximum absolute atomic E-state index is 5.13. The van der Waals surface area contributed by atoms with E-state index in [-0.39, 0.29) is 0 Å². The molecule has 0 aliphatic carbocycles. The van der Waals surface area contributed by atoms with Crippen LogP contribution in [0.4, 0.5) is 0 Å². The van der Waals surface area contributed by atoms with Gasteiger partial charge in [0.2, 0.25) is 0 Å². The molecule has 0 aliphatic rings. The van der Waals surface area contributed by atoms with Crippen molar-refractivity contribution in [1.82, 2.24) is 25.2 Å². The molecule has 0 fully saturated rings. The van der Waals surface area contributed by atoms with Crippen LogP contribution in [-0.2, 0) is 22.6 Å². The quantitative estimate of drug-likeness (QED) is 0.582. The lowest BCUT2D eigenvalue weighted by atomic mass is 10.4. The zero-order chi connectivity index (χ0) is 14.6. The van der Waals surface area contributed by atoms with Gasteiger partial charge in [-0.25, -0.2) is 0 Å². The predicted molar refractivity (Wildman–Crippen MR) is 77.6 cm³/mol. The fraction of sp³-hybridized carbons (Fsp3) is 0.846. The van der Waals surface area contributed by atoms with E-state index in [2.05, 4.69) is 27.5 Å². The van der Waals surface area contributed by atoms with Crippen LogP contribution >= 0.6 is 0 Å². The fourth-order valence-corrected chi connectivity index (χ4v) is 1.80. The van der Waals surface area contributed by atoms with Gasteiger partial charge < -0.3 is 14.8 Å². The molecule has 1 aromatic heterocycles. The van der Waals surface area contributed by atoms with Gasteiger partial charge in [0.25, 0.3) is 0 Å². The summed E-state index contributed by atoms with van der Waals surface area (Å²) in [5.74, 6) is 0. The summed E-state index contributed by atoms with van der Waals surface area (Å²) in [7, 11) is 3.44. The Morgan fingerprint density at radius 1 is 1.20 bits per heavy atom. The minimum absolute atomic E-state index is 0.729. The molecule has 7 heteroatoms. The summed E-state index contributed by atoms with van der Waals surface area (Å²) >= 11 is 0. The highest BCUT2D eigenvalue weighted by atomic mass is 16.5. The van der Waals surface area contributed by atoms with Crippen molar-refractivity contribution >= 4 is 0 Å². The van der Waals surface area contributed by atoms with E-state index in [1.807, 2.05) is 10.9 Å². The van der Waals surface area contributed by atoms with Crippen molar-refractivity contribution < 1.29 is 9.47 Å². The van der Waals surface area contributed by atoms with Crippen molar-refractivity contribution in [2.24, 2.45) is 0 Å². The van der Waals surface area contributed by atoms with E-state index in [0.717, 1.165) is 58.2 Å². The Morgan fingerprint density at radius 3 is 2.50 bits per heavy atom. The zero-order valence-electron chi connectivity index (χ0n) is 12.8. The summed E-state index contributed by atoms with van der Waals surface area (Å²) in [6.45, 7) is 8.79. The molecule has 0 radical (unpaired) electrons. The standard InChI is InChI=1S/C13H27N5O2/c1-4-14-11-13-12-18(16-15-13)6-5-17(7-9-19-2)8-10-20-3/h12,14H,4-11H2,1-3H3. The Labute approximate surface area is 121 Å². The molecule has 0 unspecified atom stereocenters. The molecular formula is C13H27N5O2. The summed E-state index contributed by atoms with van der Waals surface area (Å²) in [6.07, 6.45) is 1.99. The Balaban J connectivity index is 2.34. The first-order valence-corrected chi connectivity index (χ1v) is 7.10. The van der Waals surface area contributed by atoms with Crippen LogP contribution in [0.2, 0.25) is 0 Å². The van der Waals surface area contributed by atoms with Gasteiger partial charge in [-0.1, -0.05) is 12.1 Å². The SMILES string of the molecule is CCNCc1cn(CCN(CCOC)CCOC)nn1. The van der Waals surface area contributed by atoms with E-state index in [0.29, 0.717) is 0 Å². The summed E-state index contributed by atoms with van der Waals surface area (Å²) in [5, 5.41) is 11.5. The van der Waals surface area contributed by atoms with E-state index in [9.17, 15) is 0 Å². The van der Waals surface area contributed by atoms with E-state index in [1.165, 1.54) is 0 Å². The highest BCUT2D eigenvalue weighted by molar-refractivity contribution is 4.91. The first kappa shape index (κ1) is 17.0. The maximum Gasteiger partial charge on any atom is 0.0964 e. The molecule has 0 spiro atoms. The van der Waals surface area contributed by atoms with Gasteiger partial charge in [0.15, 0.2) is 0 Å². The molecule has 0 saturated carbocycles. The van der Waals surface area contributed by atoms with Gasteiger partial charge in [-0.3, -0.25) is 9.58 Å². The summed E-state index contributed by atoms with van der Waals surface area (Å²) in [4.78, 5) is 2.30. The fourth-order valence-electron chi connectivity index (χ4n) is 1.80. The van der Waals surface area contributed by atoms with Gasteiger partial charge in [0, 0.05) is 46.6 Å². The van der Waals surface area contributed by atoms with Crippen molar-refractivity contribution in [3.8, 4) is 0 Å². The van der Waals surface area contributed by atoms with Crippen LogP contribution in [0.5, 0.6) is 0 Å². The number of hydrogen-bond donors (Lipinski definition) is 1. The van der Waals surface area contributed by atoms with Crippen molar-refractivity contribution in [2.75, 3.05) is 53.6 Å². The monoisotopic (exact) mass is 285 g/mol. The Bertz CT molecular complexity index is 337. The van der Waals surface area contributed by atoms with Crippen molar-refractivity contribution in [3.05, 3.63) is 11.9 Å². The van der Waals surface area contributed by atoms with E-state index in [4.69, 9.17) is 9.47 Å². The normalized spacial score (nSPS) is 11.4. The number of aromatic nitrogens is 3. The van der Waals surface area contributed by atoms with Crippen molar-refractivity contribution in [3.63, 3.8) is 0 Å².